The van der Waals surface area contributed by atoms with Gasteiger partial charge in [0.15, 0.2) is 5.82 Å². The molecule has 0 bridgehead atoms. The van der Waals surface area contributed by atoms with E-state index in [-0.39, 0.29) is 5.91 Å². The van der Waals surface area contributed by atoms with Crippen molar-refractivity contribution in [2.45, 2.75) is 19.9 Å². The van der Waals surface area contributed by atoms with Crippen molar-refractivity contribution in [2.24, 2.45) is 0 Å². The van der Waals surface area contributed by atoms with E-state index in [1.165, 1.54) is 0 Å². The number of benzene rings is 2. The van der Waals surface area contributed by atoms with Crippen molar-refractivity contribution in [3.63, 3.8) is 0 Å². The molecule has 1 aromatic heterocycles. The molecular formula is C23H24N4O3. The van der Waals surface area contributed by atoms with Crippen LogP contribution in [0.25, 0.3) is 11.3 Å². The summed E-state index contributed by atoms with van der Waals surface area (Å²) in [5.41, 5.74) is 9.33. The number of pyridine rings is 1. The number of hydrogen-bond acceptors (Lipinski definition) is 5. The molecule has 2 aromatic carbocycles. The molecule has 4 N–H and O–H groups in total. The largest absolute Gasteiger partial charge is 0.450 e. The summed E-state index contributed by atoms with van der Waals surface area (Å²) in [6, 6.07) is 20.1. The number of nitrogen functional groups attached to an aromatic ring is 1. The summed E-state index contributed by atoms with van der Waals surface area (Å²) in [6.07, 6.45) is 0.309. The van der Waals surface area contributed by atoms with Gasteiger partial charge in [-0.25, -0.2) is 9.78 Å². The summed E-state index contributed by atoms with van der Waals surface area (Å²) in [6.45, 7) is 2.63. The first-order valence-corrected chi connectivity index (χ1v) is 9.69. The number of nitrogens with two attached hydrogens (primary N) is 1. The van der Waals surface area contributed by atoms with Crippen LogP contribution >= 0.6 is 0 Å². The predicted molar refractivity (Wildman–Crippen MR) is 117 cm³/mol. The van der Waals surface area contributed by atoms with E-state index >= 15 is 0 Å². The third-order valence-corrected chi connectivity index (χ3v) is 4.32. The molecule has 1 heterocycles. The Morgan fingerprint density at radius 1 is 1.00 bits per heavy atom. The van der Waals surface area contributed by atoms with Gasteiger partial charge in [-0.2, -0.15) is 0 Å². The molecule has 2 amide bonds. The molecular weight excluding hydrogens is 380 g/mol. The Morgan fingerprint density at radius 2 is 1.73 bits per heavy atom. The van der Waals surface area contributed by atoms with E-state index in [4.69, 9.17) is 10.5 Å². The van der Waals surface area contributed by atoms with E-state index in [0.717, 1.165) is 23.2 Å². The number of hydrogen-bond donors (Lipinski definition) is 3. The lowest BCUT2D eigenvalue weighted by molar-refractivity contribution is 0.102. The number of carbonyl (C=O) groups is 2. The molecule has 7 nitrogen and oxygen atoms in total. The van der Waals surface area contributed by atoms with Crippen LogP contribution in [0, 0.1) is 0 Å². The van der Waals surface area contributed by atoms with Gasteiger partial charge in [0.1, 0.15) is 0 Å². The van der Waals surface area contributed by atoms with E-state index in [0.29, 0.717) is 30.2 Å². The minimum Gasteiger partial charge on any atom is -0.450 e. The van der Waals surface area contributed by atoms with Crippen molar-refractivity contribution in [3.05, 3.63) is 77.9 Å². The standard InChI is InChI=1S/C23H24N4O3/c1-2-14-30-23(29)25-15-16-8-10-18(11-9-16)22(28)27-21-19(24)12-13-20(26-21)17-6-4-3-5-7-17/h3-13H,2,14-15,24H2,1H3,(H,25,29)(H,26,27,28). The van der Waals surface area contributed by atoms with Gasteiger partial charge >= 0.3 is 6.09 Å². The predicted octanol–water partition coefficient (Wildman–Crippen LogP) is 4.22. The lowest BCUT2D eigenvalue weighted by atomic mass is 10.1. The highest BCUT2D eigenvalue weighted by Gasteiger charge is 2.11. The molecule has 0 fully saturated rings. The number of nitrogens with zero attached hydrogens (tertiary/aromatic N) is 1. The van der Waals surface area contributed by atoms with Crippen LogP contribution in [0.3, 0.4) is 0 Å². The highest BCUT2D eigenvalue weighted by molar-refractivity contribution is 6.05. The fourth-order valence-corrected chi connectivity index (χ4v) is 2.71. The zero-order valence-corrected chi connectivity index (χ0v) is 16.7. The van der Waals surface area contributed by atoms with Crippen LogP contribution in [-0.2, 0) is 11.3 Å². The van der Waals surface area contributed by atoms with Crippen molar-refractivity contribution in [1.29, 1.82) is 0 Å². The van der Waals surface area contributed by atoms with Crippen molar-refractivity contribution in [2.75, 3.05) is 17.7 Å². The van der Waals surface area contributed by atoms with Crippen molar-refractivity contribution >= 4 is 23.5 Å². The van der Waals surface area contributed by atoms with Gasteiger partial charge in [0, 0.05) is 17.7 Å². The first-order chi connectivity index (χ1) is 14.6. The van der Waals surface area contributed by atoms with Gasteiger partial charge in [0.25, 0.3) is 5.91 Å². The first-order valence-electron chi connectivity index (χ1n) is 9.69. The van der Waals surface area contributed by atoms with Crippen molar-refractivity contribution < 1.29 is 14.3 Å². The molecule has 154 valence electrons. The Hall–Kier alpha value is -3.87. The quantitative estimate of drug-likeness (QED) is 0.547. The van der Waals surface area contributed by atoms with E-state index in [9.17, 15) is 9.59 Å². The van der Waals surface area contributed by atoms with Crippen LogP contribution in [0.5, 0.6) is 0 Å². The minimum atomic E-state index is -0.460. The Morgan fingerprint density at radius 3 is 2.43 bits per heavy atom. The molecule has 0 unspecified atom stereocenters. The summed E-state index contributed by atoms with van der Waals surface area (Å²) < 4.78 is 4.96. The summed E-state index contributed by atoms with van der Waals surface area (Å²) in [7, 11) is 0. The smallest absolute Gasteiger partial charge is 0.407 e. The van der Waals surface area contributed by atoms with Gasteiger partial charge in [-0.05, 0) is 36.2 Å². The van der Waals surface area contributed by atoms with Crippen LogP contribution in [0.2, 0.25) is 0 Å². The number of amides is 2. The second kappa shape index (κ2) is 10.1. The van der Waals surface area contributed by atoms with Gasteiger partial charge in [0.2, 0.25) is 0 Å². The average Bonchev–Trinajstić information content (AvgIpc) is 2.78. The topological polar surface area (TPSA) is 106 Å². The molecule has 0 spiro atoms. The number of carbonyl (C=O) groups excluding carboxylic acids is 2. The van der Waals surface area contributed by atoms with Crippen LogP contribution in [0.15, 0.2) is 66.7 Å². The highest BCUT2D eigenvalue weighted by Crippen LogP contribution is 2.23. The fourth-order valence-electron chi connectivity index (χ4n) is 2.71. The van der Waals surface area contributed by atoms with Gasteiger partial charge in [-0.3, -0.25) is 4.79 Å². The molecule has 3 aromatic rings. The number of aromatic nitrogens is 1. The Bertz CT molecular complexity index is 1000. The second-order valence-corrected chi connectivity index (χ2v) is 6.64. The maximum atomic E-state index is 12.6. The van der Waals surface area contributed by atoms with Gasteiger partial charge in [-0.15, -0.1) is 0 Å². The lowest BCUT2D eigenvalue weighted by Gasteiger charge is -2.10. The van der Waals surface area contributed by atoms with Gasteiger partial charge in [-0.1, -0.05) is 49.4 Å². The molecule has 0 saturated heterocycles. The van der Waals surface area contributed by atoms with Crippen LogP contribution in [0.1, 0.15) is 29.3 Å². The Balaban J connectivity index is 1.64. The number of ether oxygens (including phenoxy) is 1. The molecule has 0 radical (unpaired) electrons. The second-order valence-electron chi connectivity index (χ2n) is 6.64. The summed E-state index contributed by atoms with van der Waals surface area (Å²) >= 11 is 0. The number of nitrogens with one attached hydrogen (secondary N) is 2. The van der Waals surface area contributed by atoms with Crippen molar-refractivity contribution in [3.8, 4) is 11.3 Å². The Kier molecular flexibility index (Phi) is 7.00. The molecule has 7 heteroatoms. The molecule has 0 aliphatic heterocycles. The molecule has 30 heavy (non-hydrogen) atoms. The number of rotatable bonds is 7. The maximum absolute atomic E-state index is 12.6. The Labute approximate surface area is 175 Å². The number of anilines is 2. The third-order valence-electron chi connectivity index (χ3n) is 4.32. The zero-order valence-electron chi connectivity index (χ0n) is 16.7. The fraction of sp³-hybridized carbons (Fsp3) is 0.174. The van der Waals surface area contributed by atoms with Crippen LogP contribution in [-0.4, -0.2) is 23.6 Å². The van der Waals surface area contributed by atoms with Crippen LogP contribution < -0.4 is 16.4 Å². The average molecular weight is 404 g/mol. The lowest BCUT2D eigenvalue weighted by Crippen LogP contribution is -2.24. The molecule has 3 rings (SSSR count). The highest BCUT2D eigenvalue weighted by atomic mass is 16.5. The van der Waals surface area contributed by atoms with Crippen LogP contribution in [0.4, 0.5) is 16.3 Å². The minimum absolute atomic E-state index is 0.311. The normalized spacial score (nSPS) is 10.3. The monoisotopic (exact) mass is 404 g/mol. The molecule has 0 saturated carbocycles. The number of alkyl carbamates (subject to hydrolysis) is 1. The van der Waals surface area contributed by atoms with Crippen molar-refractivity contribution in [1.82, 2.24) is 10.3 Å². The third kappa shape index (κ3) is 5.57. The van der Waals surface area contributed by atoms with E-state index in [1.54, 1.807) is 30.3 Å². The SMILES string of the molecule is CCCOC(=O)NCc1ccc(C(=O)Nc2nc(-c3ccccc3)ccc2N)cc1. The molecule has 0 atom stereocenters. The summed E-state index contributed by atoms with van der Waals surface area (Å²) in [5.74, 6) is -0.00737. The first kappa shape index (κ1) is 20.9. The van der Waals surface area contributed by atoms with E-state index in [1.807, 2.05) is 43.3 Å². The summed E-state index contributed by atoms with van der Waals surface area (Å²) in [4.78, 5) is 28.6. The maximum Gasteiger partial charge on any atom is 0.407 e. The van der Waals surface area contributed by atoms with Gasteiger partial charge in [0.05, 0.1) is 18.0 Å². The van der Waals surface area contributed by atoms with E-state index < -0.39 is 6.09 Å². The van der Waals surface area contributed by atoms with E-state index in [2.05, 4.69) is 15.6 Å². The summed E-state index contributed by atoms with van der Waals surface area (Å²) in [5, 5.41) is 5.43. The molecule has 0 aliphatic rings. The molecule has 0 aliphatic carbocycles. The zero-order chi connectivity index (χ0) is 21.3. The van der Waals surface area contributed by atoms with Gasteiger partial charge < -0.3 is 21.1 Å².